The minimum atomic E-state index is -0.516. The van der Waals surface area contributed by atoms with Crippen LogP contribution in [0, 0.1) is 0 Å². The predicted octanol–water partition coefficient (Wildman–Crippen LogP) is 2.16. The number of aromatic nitrogens is 2. The van der Waals surface area contributed by atoms with E-state index in [0.29, 0.717) is 5.65 Å². The summed E-state index contributed by atoms with van der Waals surface area (Å²) in [5.41, 5.74) is 9.78. The van der Waals surface area contributed by atoms with Crippen molar-refractivity contribution in [2.75, 3.05) is 14.1 Å². The van der Waals surface area contributed by atoms with Crippen molar-refractivity contribution in [3.63, 3.8) is 0 Å². The number of fused-ring (bicyclic) bond motifs is 1. The van der Waals surface area contributed by atoms with Gasteiger partial charge < -0.3 is 15.0 Å². The fourth-order valence-corrected chi connectivity index (χ4v) is 2.55. The highest BCUT2D eigenvalue weighted by atomic mass is 16.1. The normalized spacial score (nSPS) is 11.2. The van der Waals surface area contributed by atoms with Gasteiger partial charge >= 0.3 is 0 Å². The number of amides is 1. The van der Waals surface area contributed by atoms with Gasteiger partial charge in [0, 0.05) is 18.9 Å². The summed E-state index contributed by atoms with van der Waals surface area (Å²) in [6, 6.07) is 12.2. The molecule has 0 spiro atoms. The molecule has 2 N–H and O–H groups in total. The Labute approximate surface area is 129 Å². The summed E-state index contributed by atoms with van der Waals surface area (Å²) in [5, 5.41) is 0. The van der Waals surface area contributed by atoms with Gasteiger partial charge in [0.1, 0.15) is 11.3 Å². The summed E-state index contributed by atoms with van der Waals surface area (Å²) < 4.78 is 1.84. The summed E-state index contributed by atoms with van der Waals surface area (Å²) in [6.07, 6.45) is 3.64. The Hall–Kier alpha value is -2.66. The van der Waals surface area contributed by atoms with Crippen molar-refractivity contribution in [2.45, 2.75) is 6.54 Å². The summed E-state index contributed by atoms with van der Waals surface area (Å²) in [4.78, 5) is 17.6. The molecule has 0 bridgehead atoms. The van der Waals surface area contributed by atoms with E-state index < -0.39 is 5.91 Å². The van der Waals surface area contributed by atoms with E-state index in [4.69, 9.17) is 5.73 Å². The second kappa shape index (κ2) is 5.61. The Morgan fingerprint density at radius 3 is 2.68 bits per heavy atom. The van der Waals surface area contributed by atoms with E-state index in [-0.39, 0.29) is 5.69 Å². The lowest BCUT2D eigenvalue weighted by Crippen LogP contribution is -2.11. The fraction of sp³-hybridized carbons (Fsp3) is 0.176. The lowest BCUT2D eigenvalue weighted by atomic mass is 10.0. The molecule has 5 nitrogen and oxygen atoms in total. The third kappa shape index (κ3) is 2.71. The zero-order valence-electron chi connectivity index (χ0n) is 12.7. The van der Waals surface area contributed by atoms with Crippen molar-refractivity contribution < 1.29 is 4.79 Å². The SMILES string of the molecule is CN(C)Cc1ccccc1-c1ccc2nc(C(N)=O)cn2c1. The van der Waals surface area contributed by atoms with Crippen molar-refractivity contribution in [2.24, 2.45) is 5.73 Å². The topological polar surface area (TPSA) is 63.6 Å². The molecule has 0 unspecified atom stereocenters. The molecule has 0 aliphatic carbocycles. The largest absolute Gasteiger partial charge is 0.364 e. The van der Waals surface area contributed by atoms with Crippen LogP contribution in [0.3, 0.4) is 0 Å². The zero-order chi connectivity index (χ0) is 15.7. The Bertz CT molecular complexity index is 836. The minimum Gasteiger partial charge on any atom is -0.364 e. The van der Waals surface area contributed by atoms with Gasteiger partial charge in [0.15, 0.2) is 0 Å². The Morgan fingerprint density at radius 2 is 1.95 bits per heavy atom. The van der Waals surface area contributed by atoms with Crippen LogP contribution in [0.4, 0.5) is 0 Å². The Balaban J connectivity index is 2.08. The molecule has 2 heterocycles. The molecule has 0 fully saturated rings. The Kier molecular flexibility index (Phi) is 3.65. The number of nitrogens with two attached hydrogens (primary N) is 1. The van der Waals surface area contributed by atoms with Crippen LogP contribution in [0.15, 0.2) is 48.8 Å². The number of carbonyl (C=O) groups excluding carboxylic acids is 1. The van der Waals surface area contributed by atoms with Crippen LogP contribution >= 0.6 is 0 Å². The molecule has 0 aliphatic rings. The summed E-state index contributed by atoms with van der Waals surface area (Å²) in [6.45, 7) is 0.866. The molecular weight excluding hydrogens is 276 g/mol. The first-order chi connectivity index (χ1) is 10.5. The van der Waals surface area contributed by atoms with Crippen LogP contribution < -0.4 is 5.73 Å². The predicted molar refractivity (Wildman–Crippen MR) is 86.5 cm³/mol. The highest BCUT2D eigenvalue weighted by molar-refractivity contribution is 5.91. The molecule has 0 saturated carbocycles. The molecule has 5 heteroatoms. The molecule has 0 radical (unpaired) electrons. The summed E-state index contributed by atoms with van der Waals surface area (Å²) in [5.74, 6) is -0.516. The second-order valence-corrected chi connectivity index (χ2v) is 5.57. The molecule has 2 aromatic heterocycles. The van der Waals surface area contributed by atoms with Gasteiger partial charge in [-0.2, -0.15) is 0 Å². The maximum absolute atomic E-state index is 11.2. The minimum absolute atomic E-state index is 0.277. The van der Waals surface area contributed by atoms with Crippen LogP contribution in [-0.2, 0) is 6.54 Å². The number of rotatable bonds is 4. The van der Waals surface area contributed by atoms with Crippen LogP contribution in [0.5, 0.6) is 0 Å². The summed E-state index contributed by atoms with van der Waals surface area (Å²) in [7, 11) is 4.10. The maximum Gasteiger partial charge on any atom is 0.268 e. The molecule has 1 amide bonds. The average molecular weight is 294 g/mol. The number of carbonyl (C=O) groups is 1. The first kappa shape index (κ1) is 14.3. The molecule has 1 aromatic carbocycles. The zero-order valence-corrected chi connectivity index (χ0v) is 12.7. The van der Waals surface area contributed by atoms with Crippen molar-refractivity contribution >= 4 is 11.6 Å². The number of hydrogen-bond acceptors (Lipinski definition) is 3. The van der Waals surface area contributed by atoms with Gasteiger partial charge in [-0.25, -0.2) is 4.98 Å². The molecule has 3 rings (SSSR count). The Morgan fingerprint density at radius 1 is 1.18 bits per heavy atom. The smallest absolute Gasteiger partial charge is 0.268 e. The highest BCUT2D eigenvalue weighted by Crippen LogP contribution is 2.25. The molecule has 22 heavy (non-hydrogen) atoms. The van der Waals surface area contributed by atoms with E-state index in [1.54, 1.807) is 6.20 Å². The fourth-order valence-electron chi connectivity index (χ4n) is 2.55. The lowest BCUT2D eigenvalue weighted by molar-refractivity contribution is 0.0996. The number of pyridine rings is 1. The van der Waals surface area contributed by atoms with E-state index in [9.17, 15) is 4.79 Å². The molecular formula is C17H18N4O. The van der Waals surface area contributed by atoms with Crippen LogP contribution in [-0.4, -0.2) is 34.3 Å². The van der Waals surface area contributed by atoms with E-state index in [2.05, 4.69) is 36.1 Å². The third-order valence-electron chi connectivity index (χ3n) is 3.52. The number of nitrogens with zero attached hydrogens (tertiary/aromatic N) is 3. The van der Waals surface area contributed by atoms with Gasteiger partial charge in [-0.05, 0) is 42.9 Å². The number of primary amides is 1. The van der Waals surface area contributed by atoms with Crippen molar-refractivity contribution in [3.8, 4) is 11.1 Å². The van der Waals surface area contributed by atoms with Crippen molar-refractivity contribution in [3.05, 3.63) is 60.0 Å². The summed E-state index contributed by atoms with van der Waals surface area (Å²) >= 11 is 0. The first-order valence-electron chi connectivity index (χ1n) is 7.06. The average Bonchev–Trinajstić information content (AvgIpc) is 2.90. The van der Waals surface area contributed by atoms with E-state index in [1.807, 2.05) is 34.9 Å². The number of benzene rings is 1. The van der Waals surface area contributed by atoms with E-state index >= 15 is 0 Å². The molecule has 0 saturated heterocycles. The molecule has 112 valence electrons. The van der Waals surface area contributed by atoms with Crippen LogP contribution in [0.1, 0.15) is 16.1 Å². The highest BCUT2D eigenvalue weighted by Gasteiger charge is 2.09. The third-order valence-corrected chi connectivity index (χ3v) is 3.52. The van der Waals surface area contributed by atoms with Gasteiger partial charge in [0.05, 0.1) is 0 Å². The van der Waals surface area contributed by atoms with E-state index in [0.717, 1.165) is 12.1 Å². The van der Waals surface area contributed by atoms with Gasteiger partial charge in [-0.3, -0.25) is 4.79 Å². The maximum atomic E-state index is 11.2. The monoisotopic (exact) mass is 294 g/mol. The van der Waals surface area contributed by atoms with Gasteiger partial charge in [-0.1, -0.05) is 24.3 Å². The van der Waals surface area contributed by atoms with Crippen molar-refractivity contribution in [1.29, 1.82) is 0 Å². The van der Waals surface area contributed by atoms with Gasteiger partial charge in [0.25, 0.3) is 5.91 Å². The van der Waals surface area contributed by atoms with Crippen LogP contribution in [0.25, 0.3) is 16.8 Å². The van der Waals surface area contributed by atoms with Gasteiger partial charge in [-0.15, -0.1) is 0 Å². The second-order valence-electron chi connectivity index (χ2n) is 5.57. The standard InChI is InChI=1S/C17H18N4O/c1-20(2)9-12-5-3-4-6-14(12)13-7-8-16-19-15(17(18)22)11-21(16)10-13/h3-8,10-11H,9H2,1-2H3,(H2,18,22). The number of hydrogen-bond donors (Lipinski definition) is 1. The molecule has 3 aromatic rings. The first-order valence-corrected chi connectivity index (χ1v) is 7.06. The lowest BCUT2D eigenvalue weighted by Gasteiger charge is -2.14. The quantitative estimate of drug-likeness (QED) is 0.802. The molecule has 0 aliphatic heterocycles. The van der Waals surface area contributed by atoms with E-state index in [1.165, 1.54) is 11.1 Å². The molecule has 0 atom stereocenters. The van der Waals surface area contributed by atoms with Crippen LogP contribution in [0.2, 0.25) is 0 Å². The number of imidazole rings is 1. The van der Waals surface area contributed by atoms with Gasteiger partial charge in [0.2, 0.25) is 0 Å². The van der Waals surface area contributed by atoms with Crippen molar-refractivity contribution in [1.82, 2.24) is 14.3 Å².